The van der Waals surface area contributed by atoms with Gasteiger partial charge in [-0.05, 0) is 37.5 Å². The van der Waals surface area contributed by atoms with Crippen molar-refractivity contribution < 1.29 is 9.18 Å². The van der Waals surface area contributed by atoms with Crippen molar-refractivity contribution in [2.45, 2.75) is 51.1 Å². The second-order valence-corrected chi connectivity index (χ2v) is 6.68. The third kappa shape index (κ3) is 4.05. The van der Waals surface area contributed by atoms with Gasteiger partial charge in [0, 0.05) is 18.1 Å². The molecule has 1 aromatic rings. The summed E-state index contributed by atoms with van der Waals surface area (Å²) in [6, 6.07) is 2.36. The summed E-state index contributed by atoms with van der Waals surface area (Å²) in [6.07, 6.45) is 5.63. The van der Waals surface area contributed by atoms with Crippen molar-refractivity contribution in [1.82, 2.24) is 10.2 Å². The molecule has 0 aliphatic heterocycles. The van der Waals surface area contributed by atoms with Gasteiger partial charge < -0.3 is 10.2 Å². The van der Waals surface area contributed by atoms with Gasteiger partial charge in [-0.3, -0.25) is 0 Å². The second-order valence-electron chi connectivity index (χ2n) is 5.86. The number of hydrogen-bond acceptors (Lipinski definition) is 1. The summed E-state index contributed by atoms with van der Waals surface area (Å²) in [7, 11) is 1.81. The van der Waals surface area contributed by atoms with Gasteiger partial charge in [0.25, 0.3) is 0 Å². The molecule has 0 saturated heterocycles. The van der Waals surface area contributed by atoms with E-state index < -0.39 is 11.9 Å². The van der Waals surface area contributed by atoms with Crippen molar-refractivity contribution in [3.05, 3.63) is 33.6 Å². The van der Waals surface area contributed by atoms with Crippen LogP contribution in [0.5, 0.6) is 0 Å². The van der Waals surface area contributed by atoms with Crippen molar-refractivity contribution in [3.8, 4) is 0 Å². The standard InChI is InChI=1S/C16H21Cl2FN2O/c1-10(12-8-15(19)14(18)9-13(12)17)20-16(22)21(2)11-6-4-3-5-7-11/h8-11H,3-7H2,1-2H3,(H,20,22). The van der Waals surface area contributed by atoms with Gasteiger partial charge in [-0.25, -0.2) is 9.18 Å². The Bertz CT molecular complexity index is 547. The van der Waals surface area contributed by atoms with Crippen LogP contribution in [0, 0.1) is 5.82 Å². The second kappa shape index (κ2) is 7.51. The molecule has 1 aromatic carbocycles. The molecule has 6 heteroatoms. The highest BCUT2D eigenvalue weighted by molar-refractivity contribution is 6.35. The fourth-order valence-corrected chi connectivity index (χ4v) is 3.42. The Morgan fingerprint density at radius 3 is 2.55 bits per heavy atom. The van der Waals surface area contributed by atoms with Crippen LogP contribution in [-0.2, 0) is 0 Å². The number of nitrogens with one attached hydrogen (secondary N) is 1. The molecule has 0 heterocycles. The van der Waals surface area contributed by atoms with Crippen molar-refractivity contribution in [1.29, 1.82) is 0 Å². The van der Waals surface area contributed by atoms with E-state index in [0.29, 0.717) is 10.6 Å². The molecule has 0 spiro atoms. The fraction of sp³-hybridized carbons (Fsp3) is 0.562. The van der Waals surface area contributed by atoms with Crippen LogP contribution in [0.2, 0.25) is 10.0 Å². The van der Waals surface area contributed by atoms with Crippen LogP contribution in [0.1, 0.15) is 50.6 Å². The molecule has 122 valence electrons. The smallest absolute Gasteiger partial charge is 0.317 e. The highest BCUT2D eigenvalue weighted by Crippen LogP contribution is 2.29. The lowest BCUT2D eigenvalue weighted by Gasteiger charge is -2.32. The van der Waals surface area contributed by atoms with Crippen LogP contribution < -0.4 is 5.32 Å². The molecule has 1 fully saturated rings. The minimum absolute atomic E-state index is 0.0217. The van der Waals surface area contributed by atoms with E-state index in [9.17, 15) is 9.18 Å². The summed E-state index contributed by atoms with van der Waals surface area (Å²) < 4.78 is 13.6. The number of carbonyl (C=O) groups excluding carboxylic acids is 1. The van der Waals surface area contributed by atoms with Gasteiger partial charge in [-0.1, -0.05) is 42.5 Å². The molecular formula is C16H21Cl2FN2O. The lowest BCUT2D eigenvalue weighted by atomic mass is 9.95. The molecule has 0 bridgehead atoms. The minimum Gasteiger partial charge on any atom is -0.331 e. The molecule has 22 heavy (non-hydrogen) atoms. The summed E-state index contributed by atoms with van der Waals surface area (Å²) in [5, 5.41) is 3.20. The molecule has 3 nitrogen and oxygen atoms in total. The van der Waals surface area contributed by atoms with Gasteiger partial charge in [-0.15, -0.1) is 0 Å². The molecule has 2 amide bonds. The Kier molecular flexibility index (Phi) is 5.93. The van der Waals surface area contributed by atoms with Crippen LogP contribution in [0.25, 0.3) is 0 Å². The highest BCUT2D eigenvalue weighted by atomic mass is 35.5. The quantitative estimate of drug-likeness (QED) is 0.752. The summed E-state index contributed by atoms with van der Waals surface area (Å²) in [6.45, 7) is 1.78. The number of halogens is 3. The molecule has 1 unspecified atom stereocenters. The van der Waals surface area contributed by atoms with Gasteiger partial charge in [-0.2, -0.15) is 0 Å². The van der Waals surface area contributed by atoms with Crippen molar-refractivity contribution in [3.63, 3.8) is 0 Å². The zero-order chi connectivity index (χ0) is 16.3. The van der Waals surface area contributed by atoms with Crippen LogP contribution >= 0.6 is 23.2 Å². The molecular weight excluding hydrogens is 326 g/mol. The van der Waals surface area contributed by atoms with Crippen molar-refractivity contribution in [2.24, 2.45) is 0 Å². The number of hydrogen-bond donors (Lipinski definition) is 1. The number of carbonyl (C=O) groups is 1. The van der Waals surface area contributed by atoms with Gasteiger partial charge in [0.15, 0.2) is 0 Å². The van der Waals surface area contributed by atoms with E-state index in [1.165, 1.54) is 18.6 Å². The number of rotatable bonds is 3. The zero-order valence-corrected chi connectivity index (χ0v) is 14.3. The summed E-state index contributed by atoms with van der Waals surface area (Å²) in [4.78, 5) is 14.1. The normalized spacial score (nSPS) is 17.1. The van der Waals surface area contributed by atoms with Crippen molar-refractivity contribution >= 4 is 29.2 Å². The van der Waals surface area contributed by atoms with Gasteiger partial charge in [0.1, 0.15) is 5.82 Å². The van der Waals surface area contributed by atoms with E-state index in [0.717, 1.165) is 25.7 Å². The predicted octanol–water partition coefficient (Wildman–Crippen LogP) is 5.17. The lowest BCUT2D eigenvalue weighted by Crippen LogP contribution is -2.45. The zero-order valence-electron chi connectivity index (χ0n) is 12.8. The maximum Gasteiger partial charge on any atom is 0.317 e. The number of amides is 2. The Morgan fingerprint density at radius 1 is 1.27 bits per heavy atom. The Morgan fingerprint density at radius 2 is 1.91 bits per heavy atom. The third-order valence-electron chi connectivity index (χ3n) is 4.29. The number of nitrogens with zero attached hydrogens (tertiary/aromatic N) is 1. The van der Waals surface area contributed by atoms with E-state index in [2.05, 4.69) is 5.32 Å². The molecule has 2 rings (SSSR count). The monoisotopic (exact) mass is 346 g/mol. The maximum absolute atomic E-state index is 13.6. The molecule has 0 radical (unpaired) electrons. The average Bonchev–Trinajstić information content (AvgIpc) is 2.50. The third-order valence-corrected chi connectivity index (χ3v) is 4.91. The van der Waals surface area contributed by atoms with E-state index in [1.807, 2.05) is 7.05 Å². The highest BCUT2D eigenvalue weighted by Gasteiger charge is 2.24. The van der Waals surface area contributed by atoms with E-state index in [4.69, 9.17) is 23.2 Å². The van der Waals surface area contributed by atoms with Crippen LogP contribution in [-0.4, -0.2) is 24.0 Å². The summed E-state index contributed by atoms with van der Waals surface area (Å²) in [5.41, 5.74) is 0.522. The SMILES string of the molecule is CC(NC(=O)N(C)C1CCCCC1)c1cc(F)c(Cl)cc1Cl. The molecule has 1 atom stereocenters. The number of urea groups is 1. The summed E-state index contributed by atoms with van der Waals surface area (Å²) >= 11 is 11.8. The van der Waals surface area contributed by atoms with Crippen molar-refractivity contribution in [2.75, 3.05) is 7.05 Å². The van der Waals surface area contributed by atoms with Crippen LogP contribution in [0.3, 0.4) is 0 Å². The van der Waals surface area contributed by atoms with Gasteiger partial charge in [0.05, 0.1) is 11.1 Å². The molecule has 1 saturated carbocycles. The first-order valence-electron chi connectivity index (χ1n) is 7.58. The predicted molar refractivity (Wildman–Crippen MR) is 88.0 cm³/mol. The average molecular weight is 347 g/mol. The Balaban J connectivity index is 2.03. The fourth-order valence-electron chi connectivity index (χ4n) is 2.87. The Labute approximate surface area is 140 Å². The van der Waals surface area contributed by atoms with Gasteiger partial charge >= 0.3 is 6.03 Å². The maximum atomic E-state index is 13.6. The first kappa shape index (κ1) is 17.4. The van der Waals surface area contributed by atoms with E-state index in [1.54, 1.807) is 11.8 Å². The molecule has 1 aliphatic carbocycles. The lowest BCUT2D eigenvalue weighted by molar-refractivity contribution is 0.171. The Hall–Kier alpha value is -1.00. The molecule has 0 aromatic heterocycles. The summed E-state index contributed by atoms with van der Waals surface area (Å²) in [5.74, 6) is -0.539. The topological polar surface area (TPSA) is 32.3 Å². The molecule has 1 aliphatic rings. The van der Waals surface area contributed by atoms with E-state index >= 15 is 0 Å². The minimum atomic E-state index is -0.539. The van der Waals surface area contributed by atoms with Gasteiger partial charge in [0.2, 0.25) is 0 Å². The van der Waals surface area contributed by atoms with Crippen LogP contribution in [0.15, 0.2) is 12.1 Å². The first-order valence-corrected chi connectivity index (χ1v) is 8.33. The largest absolute Gasteiger partial charge is 0.331 e. The first-order chi connectivity index (χ1) is 10.4. The van der Waals surface area contributed by atoms with E-state index in [-0.39, 0.29) is 17.1 Å². The van der Waals surface area contributed by atoms with Crippen LogP contribution in [0.4, 0.5) is 9.18 Å². The molecule has 1 N–H and O–H groups in total. The number of benzene rings is 1.